The molecule has 1 saturated heterocycles. The number of nitrogens with one attached hydrogen (secondary N) is 2. The molecule has 2 N–H and O–H groups in total. The minimum Gasteiger partial charge on any atom is -0.368 e. The minimum absolute atomic E-state index is 0.0536. The molecule has 1 aliphatic heterocycles. The quantitative estimate of drug-likeness (QED) is 0.532. The summed E-state index contributed by atoms with van der Waals surface area (Å²) < 4.78 is 1.72. The Morgan fingerprint density at radius 1 is 1.09 bits per heavy atom. The van der Waals surface area contributed by atoms with E-state index in [-0.39, 0.29) is 22.9 Å². The van der Waals surface area contributed by atoms with Crippen LogP contribution >= 0.6 is 0 Å². The van der Waals surface area contributed by atoms with Crippen LogP contribution in [0.5, 0.6) is 0 Å². The largest absolute Gasteiger partial charge is 0.368 e. The van der Waals surface area contributed by atoms with Crippen LogP contribution in [-0.4, -0.2) is 51.5 Å². The van der Waals surface area contributed by atoms with Gasteiger partial charge < -0.3 is 15.5 Å². The van der Waals surface area contributed by atoms with Crippen molar-refractivity contribution in [1.29, 1.82) is 0 Å². The maximum absolute atomic E-state index is 13.3. The van der Waals surface area contributed by atoms with Gasteiger partial charge in [-0.25, -0.2) is 9.97 Å². The third-order valence-corrected chi connectivity index (χ3v) is 6.72. The van der Waals surface area contributed by atoms with Gasteiger partial charge in [0, 0.05) is 43.8 Å². The number of pyridine rings is 2. The molecule has 0 spiro atoms. The van der Waals surface area contributed by atoms with Gasteiger partial charge in [0.25, 0.3) is 5.56 Å². The summed E-state index contributed by atoms with van der Waals surface area (Å²) in [7, 11) is 0. The second-order valence-corrected chi connectivity index (χ2v) is 8.86. The summed E-state index contributed by atoms with van der Waals surface area (Å²) >= 11 is 0. The number of fused-ring (bicyclic) bond motifs is 1. The van der Waals surface area contributed by atoms with Gasteiger partial charge in [-0.2, -0.15) is 4.98 Å². The van der Waals surface area contributed by atoms with E-state index in [1.807, 2.05) is 32.2 Å². The highest BCUT2D eigenvalue weighted by Gasteiger charge is 2.25. The second-order valence-electron chi connectivity index (χ2n) is 8.86. The molecule has 35 heavy (non-hydrogen) atoms. The molecule has 1 saturated carbocycles. The fourth-order valence-electron chi connectivity index (χ4n) is 4.99. The Kier molecular flexibility index (Phi) is 7.75. The van der Waals surface area contributed by atoms with Crippen molar-refractivity contribution in [3.8, 4) is 0 Å². The number of rotatable bonds is 5. The van der Waals surface area contributed by atoms with Gasteiger partial charge in [0.15, 0.2) is 5.78 Å². The van der Waals surface area contributed by atoms with Gasteiger partial charge in [0.2, 0.25) is 5.95 Å². The lowest BCUT2D eigenvalue weighted by Gasteiger charge is -2.29. The van der Waals surface area contributed by atoms with Crippen LogP contribution in [0.25, 0.3) is 11.0 Å². The van der Waals surface area contributed by atoms with Crippen LogP contribution in [0.3, 0.4) is 0 Å². The normalized spacial score (nSPS) is 16.2. The van der Waals surface area contributed by atoms with Crippen LogP contribution in [0, 0.1) is 6.92 Å². The first-order valence-corrected chi connectivity index (χ1v) is 12.6. The lowest BCUT2D eigenvalue weighted by Crippen LogP contribution is -2.43. The number of anilines is 3. The highest BCUT2D eigenvalue weighted by Crippen LogP contribution is 2.32. The van der Waals surface area contributed by atoms with Crippen LogP contribution in [-0.2, 0) is 0 Å². The number of hydrogen-bond donors (Lipinski definition) is 2. The third-order valence-electron chi connectivity index (χ3n) is 6.72. The summed E-state index contributed by atoms with van der Waals surface area (Å²) in [6, 6.07) is 4.01. The van der Waals surface area contributed by atoms with Gasteiger partial charge in [-0.05, 0) is 44.4 Å². The highest BCUT2D eigenvalue weighted by atomic mass is 16.1. The van der Waals surface area contributed by atoms with Crippen molar-refractivity contribution in [2.75, 3.05) is 36.4 Å². The van der Waals surface area contributed by atoms with Crippen molar-refractivity contribution in [3.05, 3.63) is 46.0 Å². The van der Waals surface area contributed by atoms with Crippen LogP contribution in [0.2, 0.25) is 0 Å². The number of aromatic nitrogens is 4. The summed E-state index contributed by atoms with van der Waals surface area (Å²) in [5.41, 5.74) is 2.29. The van der Waals surface area contributed by atoms with E-state index >= 15 is 0 Å². The van der Waals surface area contributed by atoms with E-state index < -0.39 is 0 Å². The lowest BCUT2D eigenvalue weighted by molar-refractivity contribution is 0.101. The second kappa shape index (κ2) is 10.9. The van der Waals surface area contributed by atoms with Crippen molar-refractivity contribution in [3.63, 3.8) is 0 Å². The van der Waals surface area contributed by atoms with Crippen molar-refractivity contribution >= 4 is 34.3 Å². The van der Waals surface area contributed by atoms with Crippen LogP contribution in [0.1, 0.15) is 68.4 Å². The first-order valence-electron chi connectivity index (χ1n) is 12.6. The molecule has 9 heteroatoms. The molecule has 0 radical (unpaired) electrons. The molecule has 5 rings (SSSR count). The van der Waals surface area contributed by atoms with E-state index in [2.05, 4.69) is 25.5 Å². The number of ketones is 1. The number of hydrogen-bond acceptors (Lipinski definition) is 8. The zero-order valence-corrected chi connectivity index (χ0v) is 21.1. The van der Waals surface area contributed by atoms with E-state index in [0.717, 1.165) is 62.9 Å². The maximum atomic E-state index is 13.3. The van der Waals surface area contributed by atoms with Gasteiger partial charge >= 0.3 is 0 Å². The summed E-state index contributed by atoms with van der Waals surface area (Å²) in [6.07, 6.45) is 7.52. The average Bonchev–Trinajstić information content (AvgIpc) is 3.40. The molecular formula is C26H35N7O2. The molecule has 4 heterocycles. The van der Waals surface area contributed by atoms with E-state index in [4.69, 9.17) is 4.98 Å². The number of carbonyl (C=O) groups is 1. The number of aryl methyl sites for hydroxylation is 1. The minimum atomic E-state index is -0.248. The Morgan fingerprint density at radius 2 is 1.80 bits per heavy atom. The Bertz CT molecular complexity index is 1240. The van der Waals surface area contributed by atoms with Crippen molar-refractivity contribution in [2.45, 2.75) is 59.4 Å². The summed E-state index contributed by atoms with van der Waals surface area (Å²) in [5.74, 6) is 0.799. The van der Waals surface area contributed by atoms with E-state index in [0.29, 0.717) is 23.0 Å². The van der Waals surface area contributed by atoms with Gasteiger partial charge in [0.05, 0.1) is 17.4 Å². The number of nitrogens with zero attached hydrogens (tertiary/aromatic N) is 5. The lowest BCUT2D eigenvalue weighted by atomic mass is 10.0. The number of carbonyl (C=O) groups excluding carboxylic acids is 1. The fraction of sp³-hybridized carbons (Fsp3) is 0.500. The van der Waals surface area contributed by atoms with Crippen LogP contribution in [0.4, 0.5) is 17.5 Å². The van der Waals surface area contributed by atoms with Crippen molar-refractivity contribution in [2.24, 2.45) is 0 Å². The predicted molar refractivity (Wildman–Crippen MR) is 140 cm³/mol. The predicted octanol–water partition coefficient (Wildman–Crippen LogP) is 3.99. The highest BCUT2D eigenvalue weighted by molar-refractivity contribution is 5.99. The Balaban J connectivity index is 0.00000141. The Labute approximate surface area is 206 Å². The molecular weight excluding hydrogens is 442 g/mol. The zero-order chi connectivity index (χ0) is 24.9. The summed E-state index contributed by atoms with van der Waals surface area (Å²) in [4.78, 5) is 41.6. The van der Waals surface area contributed by atoms with Crippen LogP contribution in [0.15, 0.2) is 29.3 Å². The van der Waals surface area contributed by atoms with Crippen LogP contribution < -0.4 is 21.1 Å². The standard InChI is InChI=1S/C24H29N7O2.C2H6/c1-15-19-14-27-24(28-20-8-7-18(13-26-20)30-11-9-25-10-12-30)29-22(19)31(17-5-3-4-6-17)23(33)21(15)16(2)32;1-2/h7-8,13-14,17,25H,3-6,9-12H2,1-2H3,(H,26,27,28,29);1-2H3. The number of Topliss-reactive ketones (excluding diaryl/α,β-unsaturated/α-hetero) is 1. The van der Waals surface area contributed by atoms with Gasteiger partial charge in [-0.3, -0.25) is 14.2 Å². The van der Waals surface area contributed by atoms with E-state index in [1.54, 1.807) is 17.7 Å². The zero-order valence-electron chi connectivity index (χ0n) is 21.1. The molecule has 3 aromatic heterocycles. The molecule has 0 amide bonds. The fourth-order valence-corrected chi connectivity index (χ4v) is 4.99. The molecule has 2 aliphatic rings. The molecule has 0 bridgehead atoms. The van der Waals surface area contributed by atoms with Gasteiger partial charge in [-0.1, -0.05) is 26.7 Å². The SMILES string of the molecule is CC.CC(=O)c1c(C)c2cnc(Nc3ccc(N4CCNCC4)cn3)nc2n(C2CCCC2)c1=O. The van der Waals surface area contributed by atoms with Gasteiger partial charge in [-0.15, -0.1) is 0 Å². The molecule has 0 aromatic carbocycles. The smallest absolute Gasteiger partial charge is 0.263 e. The average molecular weight is 478 g/mol. The topological polar surface area (TPSA) is 105 Å². The molecule has 0 unspecified atom stereocenters. The first-order chi connectivity index (χ1) is 17.0. The Morgan fingerprint density at radius 3 is 2.43 bits per heavy atom. The summed E-state index contributed by atoms with van der Waals surface area (Å²) in [5, 5.41) is 7.26. The van der Waals surface area contributed by atoms with Crippen molar-refractivity contribution in [1.82, 2.24) is 24.8 Å². The molecule has 186 valence electrons. The maximum Gasteiger partial charge on any atom is 0.263 e. The Hall–Kier alpha value is -3.33. The van der Waals surface area contributed by atoms with Crippen molar-refractivity contribution < 1.29 is 4.79 Å². The molecule has 2 fully saturated rings. The van der Waals surface area contributed by atoms with Gasteiger partial charge in [0.1, 0.15) is 11.5 Å². The molecule has 0 atom stereocenters. The number of piperazine rings is 1. The molecule has 1 aliphatic carbocycles. The molecule has 3 aromatic rings. The summed E-state index contributed by atoms with van der Waals surface area (Å²) in [6.45, 7) is 11.1. The van der Waals surface area contributed by atoms with E-state index in [1.165, 1.54) is 6.92 Å². The monoisotopic (exact) mass is 477 g/mol. The van der Waals surface area contributed by atoms with E-state index in [9.17, 15) is 9.59 Å². The first kappa shape index (κ1) is 24.8. The molecule has 9 nitrogen and oxygen atoms in total. The third kappa shape index (κ3) is 5.05.